The molecule has 0 aliphatic rings. The van der Waals surface area contributed by atoms with Gasteiger partial charge in [-0.15, -0.1) is 11.8 Å². The Morgan fingerprint density at radius 1 is 0.972 bits per heavy atom. The molecule has 4 nitrogen and oxygen atoms in total. The monoisotopic (exact) mass is 546 g/mol. The first kappa shape index (κ1) is 28.0. The lowest BCUT2D eigenvalue weighted by Crippen LogP contribution is -2.51. The number of carbonyl (C=O) groups excluding carboxylic acids is 2. The fourth-order valence-electron chi connectivity index (χ4n) is 3.72. The van der Waals surface area contributed by atoms with Gasteiger partial charge in [0, 0.05) is 40.9 Å². The Bertz CT molecular complexity index is 1140. The zero-order chi connectivity index (χ0) is 25.9. The number of halogens is 3. The van der Waals surface area contributed by atoms with Gasteiger partial charge in [0.25, 0.3) is 0 Å². The van der Waals surface area contributed by atoms with Crippen LogP contribution in [0.25, 0.3) is 0 Å². The highest BCUT2D eigenvalue weighted by molar-refractivity contribution is 7.99. The van der Waals surface area contributed by atoms with Crippen LogP contribution in [0.2, 0.25) is 10.0 Å². The number of hydrogen-bond acceptors (Lipinski definition) is 3. The maximum Gasteiger partial charge on any atom is 0.243 e. The van der Waals surface area contributed by atoms with Crippen LogP contribution in [-0.4, -0.2) is 35.1 Å². The first-order valence-electron chi connectivity index (χ1n) is 11.8. The van der Waals surface area contributed by atoms with Gasteiger partial charge >= 0.3 is 0 Å². The number of rotatable bonds is 12. The molecule has 0 radical (unpaired) electrons. The molecule has 0 saturated heterocycles. The van der Waals surface area contributed by atoms with Crippen molar-refractivity contribution in [2.45, 2.75) is 38.1 Å². The van der Waals surface area contributed by atoms with E-state index in [4.69, 9.17) is 23.2 Å². The smallest absolute Gasteiger partial charge is 0.243 e. The van der Waals surface area contributed by atoms with E-state index >= 15 is 0 Å². The van der Waals surface area contributed by atoms with Crippen LogP contribution in [0.5, 0.6) is 0 Å². The van der Waals surface area contributed by atoms with Crippen LogP contribution in [0.4, 0.5) is 4.39 Å². The summed E-state index contributed by atoms with van der Waals surface area (Å²) in [6.07, 6.45) is 1.08. The molecule has 3 rings (SSSR count). The van der Waals surface area contributed by atoms with E-state index in [0.29, 0.717) is 34.3 Å². The summed E-state index contributed by atoms with van der Waals surface area (Å²) in [5, 5.41) is 3.98. The molecule has 3 aromatic carbocycles. The fraction of sp³-hybridized carbons (Fsp3) is 0.286. The zero-order valence-corrected chi connectivity index (χ0v) is 22.4. The SMILES string of the molecule is CCCNC(=O)[C@H](Cc1ccccc1)N(Cc1ccccc1F)C(=O)CSCc1c(Cl)cccc1Cl. The Morgan fingerprint density at radius 3 is 2.31 bits per heavy atom. The van der Waals surface area contributed by atoms with Crippen LogP contribution >= 0.6 is 35.0 Å². The standard InChI is InChI=1S/C28H29Cl2FN2O2S/c1-2-15-32-28(35)26(16-20-9-4-3-5-10-20)33(17-21-11-6-7-14-25(21)31)27(34)19-36-18-22-23(29)12-8-13-24(22)30/h3-14,26H,2,15-19H2,1H3,(H,32,35)/t26-/m0/s1. The molecule has 0 unspecified atom stereocenters. The summed E-state index contributed by atoms with van der Waals surface area (Å²) in [4.78, 5) is 28.3. The maximum atomic E-state index is 14.6. The quantitative estimate of drug-likeness (QED) is 0.281. The van der Waals surface area contributed by atoms with Crippen molar-refractivity contribution in [1.82, 2.24) is 10.2 Å². The van der Waals surface area contributed by atoms with E-state index in [1.54, 1.807) is 36.4 Å². The van der Waals surface area contributed by atoms with Gasteiger partial charge in [-0.1, -0.05) is 84.7 Å². The van der Waals surface area contributed by atoms with Crippen molar-refractivity contribution >= 4 is 46.8 Å². The minimum absolute atomic E-state index is 0.0179. The van der Waals surface area contributed by atoms with Gasteiger partial charge in [-0.25, -0.2) is 4.39 Å². The van der Waals surface area contributed by atoms with Gasteiger partial charge in [0.05, 0.1) is 5.75 Å². The molecule has 3 aromatic rings. The van der Waals surface area contributed by atoms with Crippen molar-refractivity contribution in [3.63, 3.8) is 0 Å². The molecular weight excluding hydrogens is 518 g/mol. The second kappa shape index (κ2) is 14.3. The molecule has 190 valence electrons. The van der Waals surface area contributed by atoms with Gasteiger partial charge in [-0.2, -0.15) is 0 Å². The van der Waals surface area contributed by atoms with E-state index in [1.807, 2.05) is 37.3 Å². The first-order valence-corrected chi connectivity index (χ1v) is 13.7. The minimum Gasteiger partial charge on any atom is -0.354 e. The van der Waals surface area contributed by atoms with E-state index < -0.39 is 11.9 Å². The van der Waals surface area contributed by atoms with Gasteiger partial charge in [0.2, 0.25) is 11.8 Å². The number of amides is 2. The summed E-state index contributed by atoms with van der Waals surface area (Å²) >= 11 is 13.9. The van der Waals surface area contributed by atoms with Crippen LogP contribution in [0, 0.1) is 5.82 Å². The van der Waals surface area contributed by atoms with Gasteiger partial charge in [0.15, 0.2) is 0 Å². The first-order chi connectivity index (χ1) is 17.4. The van der Waals surface area contributed by atoms with Crippen LogP contribution < -0.4 is 5.32 Å². The van der Waals surface area contributed by atoms with Crippen molar-refractivity contribution in [3.05, 3.63) is 105 Å². The molecule has 0 aromatic heterocycles. The molecule has 0 fully saturated rings. The summed E-state index contributed by atoms with van der Waals surface area (Å²) in [6, 6.07) is 20.3. The Kier molecular flexibility index (Phi) is 11.1. The molecule has 8 heteroatoms. The van der Waals surface area contributed by atoms with Crippen molar-refractivity contribution < 1.29 is 14.0 Å². The Labute approximate surface area is 226 Å². The summed E-state index contributed by atoms with van der Waals surface area (Å²) in [5.74, 6) is -0.423. The summed E-state index contributed by atoms with van der Waals surface area (Å²) in [7, 11) is 0. The molecule has 0 bridgehead atoms. The number of nitrogens with zero attached hydrogens (tertiary/aromatic N) is 1. The third-order valence-electron chi connectivity index (χ3n) is 5.65. The molecule has 0 spiro atoms. The lowest BCUT2D eigenvalue weighted by atomic mass is 10.0. The lowest BCUT2D eigenvalue weighted by Gasteiger charge is -2.31. The predicted molar refractivity (Wildman–Crippen MR) is 147 cm³/mol. The second-order valence-electron chi connectivity index (χ2n) is 8.30. The van der Waals surface area contributed by atoms with Gasteiger partial charge < -0.3 is 10.2 Å². The number of hydrogen-bond donors (Lipinski definition) is 1. The topological polar surface area (TPSA) is 49.4 Å². The van der Waals surface area contributed by atoms with Crippen LogP contribution in [0.15, 0.2) is 72.8 Å². The Hall–Kier alpha value is -2.54. The van der Waals surface area contributed by atoms with Crippen LogP contribution in [0.1, 0.15) is 30.0 Å². The average molecular weight is 548 g/mol. The fourth-order valence-corrected chi connectivity index (χ4v) is 5.37. The number of carbonyl (C=O) groups is 2. The molecule has 0 aliphatic carbocycles. The lowest BCUT2D eigenvalue weighted by molar-refractivity contribution is -0.139. The normalized spacial score (nSPS) is 11.7. The Morgan fingerprint density at radius 2 is 1.64 bits per heavy atom. The molecule has 2 amide bonds. The second-order valence-corrected chi connectivity index (χ2v) is 10.1. The van der Waals surface area contributed by atoms with Crippen LogP contribution in [0.3, 0.4) is 0 Å². The maximum absolute atomic E-state index is 14.6. The van der Waals surface area contributed by atoms with E-state index in [1.165, 1.54) is 22.7 Å². The largest absolute Gasteiger partial charge is 0.354 e. The van der Waals surface area contributed by atoms with Crippen molar-refractivity contribution in [2.24, 2.45) is 0 Å². The number of benzene rings is 3. The molecule has 0 aliphatic heterocycles. The molecule has 36 heavy (non-hydrogen) atoms. The van der Waals surface area contributed by atoms with Crippen molar-refractivity contribution in [2.75, 3.05) is 12.3 Å². The summed E-state index contributed by atoms with van der Waals surface area (Å²) in [5.41, 5.74) is 2.02. The summed E-state index contributed by atoms with van der Waals surface area (Å²) in [6.45, 7) is 2.44. The van der Waals surface area contributed by atoms with E-state index in [-0.39, 0.29) is 24.1 Å². The molecule has 0 heterocycles. The number of thioether (sulfide) groups is 1. The van der Waals surface area contributed by atoms with E-state index in [2.05, 4.69) is 5.32 Å². The molecule has 1 atom stereocenters. The van der Waals surface area contributed by atoms with Crippen LogP contribution in [-0.2, 0) is 28.3 Å². The highest BCUT2D eigenvalue weighted by Crippen LogP contribution is 2.28. The Balaban J connectivity index is 1.86. The zero-order valence-electron chi connectivity index (χ0n) is 20.1. The number of nitrogens with one attached hydrogen (secondary N) is 1. The highest BCUT2D eigenvalue weighted by Gasteiger charge is 2.30. The van der Waals surface area contributed by atoms with Crippen molar-refractivity contribution in [3.8, 4) is 0 Å². The molecule has 0 saturated carbocycles. The van der Waals surface area contributed by atoms with E-state index in [9.17, 15) is 14.0 Å². The third-order valence-corrected chi connectivity index (χ3v) is 7.30. The average Bonchev–Trinajstić information content (AvgIpc) is 2.88. The highest BCUT2D eigenvalue weighted by atomic mass is 35.5. The van der Waals surface area contributed by atoms with Crippen molar-refractivity contribution in [1.29, 1.82) is 0 Å². The third kappa shape index (κ3) is 7.99. The summed E-state index contributed by atoms with van der Waals surface area (Å²) < 4.78 is 14.6. The van der Waals surface area contributed by atoms with Gasteiger partial charge in [-0.3, -0.25) is 9.59 Å². The predicted octanol–water partition coefficient (Wildman–Crippen LogP) is 6.53. The van der Waals surface area contributed by atoms with Gasteiger partial charge in [-0.05, 0) is 35.7 Å². The molecule has 1 N–H and O–H groups in total. The van der Waals surface area contributed by atoms with Gasteiger partial charge in [0.1, 0.15) is 11.9 Å². The van der Waals surface area contributed by atoms with E-state index in [0.717, 1.165) is 17.5 Å². The minimum atomic E-state index is -0.796. The molecular formula is C28H29Cl2FN2O2S.